The molecule has 2 heterocycles. The number of imidazole rings is 1. The predicted molar refractivity (Wildman–Crippen MR) is 51.2 cm³/mol. The van der Waals surface area contributed by atoms with E-state index in [1.54, 1.807) is 4.57 Å². The highest BCUT2D eigenvalue weighted by molar-refractivity contribution is 5.80. The van der Waals surface area contributed by atoms with E-state index in [0.29, 0.717) is 30.1 Å². The van der Waals surface area contributed by atoms with Crippen molar-refractivity contribution in [2.75, 3.05) is 12.3 Å². The van der Waals surface area contributed by atoms with Crippen molar-refractivity contribution in [3.8, 4) is 0 Å². The number of nitrogen functional groups attached to an aromatic ring is 1. The van der Waals surface area contributed by atoms with Crippen LogP contribution < -0.4 is 17.1 Å². The summed E-state index contributed by atoms with van der Waals surface area (Å²) in [7, 11) is 0. The van der Waals surface area contributed by atoms with Gasteiger partial charge in [-0.05, 0) is 0 Å². The molecule has 0 fully saturated rings. The van der Waals surface area contributed by atoms with Crippen LogP contribution in [0.4, 0.5) is 5.82 Å². The Hall–Kier alpha value is -1.89. The lowest BCUT2D eigenvalue weighted by Crippen LogP contribution is -2.28. The van der Waals surface area contributed by atoms with Crippen LogP contribution in [-0.2, 0) is 6.54 Å². The number of hydrogen-bond donors (Lipinski definition) is 4. The lowest BCUT2D eigenvalue weighted by Gasteiger charge is -2.08. The van der Waals surface area contributed by atoms with Crippen LogP contribution in [0.1, 0.15) is 0 Å². The van der Waals surface area contributed by atoms with Crippen molar-refractivity contribution in [3.63, 3.8) is 0 Å². The van der Waals surface area contributed by atoms with Crippen LogP contribution in [-0.4, -0.2) is 26.1 Å². The first-order valence-corrected chi connectivity index (χ1v) is 4.18. The molecule has 0 unspecified atom stereocenters. The Morgan fingerprint density at radius 1 is 1.57 bits per heavy atom. The number of nitrogens with zero attached hydrogens (tertiary/aromatic N) is 3. The van der Waals surface area contributed by atoms with Gasteiger partial charge in [-0.2, -0.15) is 4.98 Å². The third kappa shape index (κ3) is 1.14. The number of rotatable bonds is 2. The maximum absolute atomic E-state index is 7.60. The molecule has 0 aliphatic heterocycles. The minimum Gasteiger partial charge on any atom is -0.383 e. The first kappa shape index (κ1) is 8.70. The molecule has 7 nitrogen and oxygen atoms in total. The van der Waals surface area contributed by atoms with Crippen molar-refractivity contribution < 1.29 is 0 Å². The monoisotopic (exact) mass is 193 g/mol. The average molecular weight is 193 g/mol. The van der Waals surface area contributed by atoms with Gasteiger partial charge in [-0.3, -0.25) is 9.98 Å². The molecule has 0 radical (unpaired) electrons. The summed E-state index contributed by atoms with van der Waals surface area (Å²) in [6.07, 6.45) is 1.50. The van der Waals surface area contributed by atoms with Gasteiger partial charge in [-0.1, -0.05) is 0 Å². The molecule has 74 valence electrons. The van der Waals surface area contributed by atoms with E-state index < -0.39 is 0 Å². The van der Waals surface area contributed by atoms with Gasteiger partial charge in [0, 0.05) is 13.1 Å². The number of anilines is 1. The van der Waals surface area contributed by atoms with Crippen LogP contribution in [0, 0.1) is 5.41 Å². The van der Waals surface area contributed by atoms with Crippen molar-refractivity contribution in [3.05, 3.63) is 11.9 Å². The highest BCUT2D eigenvalue weighted by Crippen LogP contribution is 2.11. The van der Waals surface area contributed by atoms with E-state index in [1.165, 1.54) is 6.33 Å². The fourth-order valence-electron chi connectivity index (χ4n) is 1.33. The van der Waals surface area contributed by atoms with Crippen molar-refractivity contribution in [2.45, 2.75) is 6.54 Å². The van der Waals surface area contributed by atoms with Crippen LogP contribution in [0.3, 0.4) is 0 Å². The molecular weight excluding hydrogens is 182 g/mol. The molecule has 0 aromatic carbocycles. The Morgan fingerprint density at radius 2 is 2.36 bits per heavy atom. The lowest BCUT2D eigenvalue weighted by atomic mass is 10.4. The number of fused-ring (bicyclic) bond motifs is 1. The predicted octanol–water partition coefficient (Wildman–Crippen LogP) is -1.22. The molecule has 0 aliphatic rings. The molecule has 0 spiro atoms. The highest BCUT2D eigenvalue weighted by Gasteiger charge is 2.07. The molecule has 0 atom stereocenters. The van der Waals surface area contributed by atoms with Crippen LogP contribution in [0.2, 0.25) is 0 Å². The molecule has 7 heteroatoms. The average Bonchev–Trinajstić information content (AvgIpc) is 2.60. The summed E-state index contributed by atoms with van der Waals surface area (Å²) >= 11 is 0. The molecule has 2 aromatic rings. The smallest absolute Gasteiger partial charge is 0.225 e. The van der Waals surface area contributed by atoms with E-state index in [1.807, 2.05) is 0 Å². The van der Waals surface area contributed by atoms with Gasteiger partial charge >= 0.3 is 0 Å². The van der Waals surface area contributed by atoms with Crippen molar-refractivity contribution in [1.82, 2.24) is 19.5 Å². The Kier molecular flexibility index (Phi) is 1.93. The lowest BCUT2D eigenvalue weighted by molar-refractivity contribution is 0.652. The molecule has 0 saturated carbocycles. The van der Waals surface area contributed by atoms with Crippen molar-refractivity contribution in [2.24, 2.45) is 5.73 Å². The molecule has 0 amide bonds. The Balaban J connectivity index is 2.75. The van der Waals surface area contributed by atoms with E-state index in [-0.39, 0.29) is 5.62 Å². The number of aromatic amines is 1. The summed E-state index contributed by atoms with van der Waals surface area (Å²) in [6, 6.07) is 0. The van der Waals surface area contributed by atoms with Crippen molar-refractivity contribution >= 4 is 17.0 Å². The van der Waals surface area contributed by atoms with Gasteiger partial charge in [0.1, 0.15) is 11.3 Å². The topological polar surface area (TPSA) is 122 Å². The summed E-state index contributed by atoms with van der Waals surface area (Å²) in [5.41, 5.74) is 12.4. The van der Waals surface area contributed by atoms with Crippen LogP contribution in [0.25, 0.3) is 11.2 Å². The van der Waals surface area contributed by atoms with Gasteiger partial charge in [-0.25, -0.2) is 4.98 Å². The number of aromatic nitrogens is 4. The summed E-state index contributed by atoms with van der Waals surface area (Å²) in [6.45, 7) is 0.898. The first-order chi connectivity index (χ1) is 6.74. The number of H-pyrrole nitrogens is 1. The number of nitrogens with two attached hydrogens (primary N) is 2. The Labute approximate surface area is 79.3 Å². The van der Waals surface area contributed by atoms with Gasteiger partial charge in [0.25, 0.3) is 0 Å². The van der Waals surface area contributed by atoms with E-state index in [9.17, 15) is 0 Å². The zero-order chi connectivity index (χ0) is 10.1. The quantitative estimate of drug-likeness (QED) is 0.477. The molecule has 14 heavy (non-hydrogen) atoms. The first-order valence-electron chi connectivity index (χ1n) is 4.18. The summed E-state index contributed by atoms with van der Waals surface area (Å²) in [4.78, 5) is 10.8. The van der Waals surface area contributed by atoms with E-state index in [0.717, 1.165) is 0 Å². The third-order valence-electron chi connectivity index (χ3n) is 1.99. The SMILES string of the molecule is N=c1nc2nc[nH]c2c(N)n1CCN. The van der Waals surface area contributed by atoms with Crippen LogP contribution >= 0.6 is 0 Å². The maximum Gasteiger partial charge on any atom is 0.225 e. The van der Waals surface area contributed by atoms with Crippen LogP contribution in [0.5, 0.6) is 0 Å². The fraction of sp³-hybridized carbons (Fsp3) is 0.286. The normalized spacial score (nSPS) is 10.9. The standard InChI is InChI=1S/C7H11N7/c8-1-2-14-5(9)4-6(12-3-11-4)13-7(14)10/h3H,1-2,8-9H2,(H2,10,11,12,13). The summed E-state index contributed by atoms with van der Waals surface area (Å²) in [5.74, 6) is 0.447. The molecule has 6 N–H and O–H groups in total. The maximum atomic E-state index is 7.60. The molecule has 0 bridgehead atoms. The van der Waals surface area contributed by atoms with E-state index in [2.05, 4.69) is 15.0 Å². The minimum absolute atomic E-state index is 0.0764. The number of nitrogens with one attached hydrogen (secondary N) is 2. The summed E-state index contributed by atoms with van der Waals surface area (Å²) in [5, 5.41) is 7.60. The van der Waals surface area contributed by atoms with E-state index in [4.69, 9.17) is 16.9 Å². The Bertz CT molecular complexity index is 508. The van der Waals surface area contributed by atoms with Gasteiger partial charge < -0.3 is 16.5 Å². The van der Waals surface area contributed by atoms with Crippen LogP contribution in [0.15, 0.2) is 6.33 Å². The van der Waals surface area contributed by atoms with E-state index >= 15 is 0 Å². The summed E-state index contributed by atoms with van der Waals surface area (Å²) < 4.78 is 1.54. The van der Waals surface area contributed by atoms with Gasteiger partial charge in [-0.15, -0.1) is 0 Å². The second-order valence-electron chi connectivity index (χ2n) is 2.86. The molecule has 2 aromatic heterocycles. The third-order valence-corrected chi connectivity index (χ3v) is 1.99. The molecule has 0 saturated heterocycles. The van der Waals surface area contributed by atoms with Gasteiger partial charge in [0.15, 0.2) is 5.65 Å². The molecule has 2 rings (SSSR count). The highest BCUT2D eigenvalue weighted by atomic mass is 15.2. The molecular formula is C7H11N7. The minimum atomic E-state index is 0.0764. The molecule has 0 aliphatic carbocycles. The largest absolute Gasteiger partial charge is 0.383 e. The van der Waals surface area contributed by atoms with Gasteiger partial charge in [0.2, 0.25) is 5.62 Å². The number of hydrogen-bond acceptors (Lipinski definition) is 5. The fourth-order valence-corrected chi connectivity index (χ4v) is 1.33. The van der Waals surface area contributed by atoms with Gasteiger partial charge in [0.05, 0.1) is 6.33 Å². The second kappa shape index (κ2) is 3.11. The zero-order valence-corrected chi connectivity index (χ0v) is 7.49. The van der Waals surface area contributed by atoms with Crippen molar-refractivity contribution in [1.29, 1.82) is 5.41 Å². The Morgan fingerprint density at radius 3 is 3.07 bits per heavy atom. The second-order valence-corrected chi connectivity index (χ2v) is 2.86. The zero-order valence-electron chi connectivity index (χ0n) is 7.49.